The third-order valence-electron chi connectivity index (χ3n) is 16.5. The van der Waals surface area contributed by atoms with E-state index in [2.05, 4.69) is 5.32 Å². The summed E-state index contributed by atoms with van der Waals surface area (Å²) in [4.78, 5) is 152. The summed E-state index contributed by atoms with van der Waals surface area (Å²) < 4.78 is 36.8. The lowest BCUT2D eigenvalue weighted by atomic mass is 9.48. The zero-order chi connectivity index (χ0) is 60.9. The van der Waals surface area contributed by atoms with Crippen LogP contribution in [0.1, 0.15) is 134 Å². The molecule has 2 aromatic rings. The van der Waals surface area contributed by atoms with E-state index < -0.39 is 163 Å². The molecular formula is C61H72N3O19P. The molecule has 84 heavy (non-hydrogen) atoms. The molecule has 3 aliphatic heterocycles. The molecule has 23 heteroatoms. The van der Waals surface area contributed by atoms with Crippen molar-refractivity contribution < 1.29 is 91.4 Å². The summed E-state index contributed by atoms with van der Waals surface area (Å²) in [6, 6.07) is 15.1. The number of Topliss-reactive ketones (excluding diaryl/α,β-unsaturated/α-hetero) is 1. The molecule has 450 valence electrons. The zero-order valence-electron chi connectivity index (χ0n) is 47.8. The molecule has 2 saturated carbocycles. The molecule has 3 heterocycles. The first-order valence-corrected chi connectivity index (χ1v) is 29.3. The van der Waals surface area contributed by atoms with E-state index in [4.69, 9.17) is 28.4 Å². The molecule has 3 N–H and O–H groups in total. The van der Waals surface area contributed by atoms with E-state index in [1.165, 1.54) is 44.2 Å². The first kappa shape index (κ1) is 62.8. The number of aliphatic hydroxyl groups is 2. The number of imide groups is 2. The van der Waals surface area contributed by atoms with Crippen molar-refractivity contribution >= 4 is 73.5 Å². The molecule has 3 aliphatic carbocycles. The number of nitrogens with zero attached hydrogens (tertiary/aromatic N) is 2. The number of nitrogens with one attached hydrogen (secondary N) is 1. The largest absolute Gasteiger partial charge is 0.458 e. The molecule has 0 aromatic heterocycles. The van der Waals surface area contributed by atoms with Gasteiger partial charge in [0.2, 0.25) is 5.78 Å². The Bertz CT molecular complexity index is 2990. The quantitative estimate of drug-likeness (QED) is 0.0315. The topological polar surface area (TPSA) is 302 Å². The van der Waals surface area contributed by atoms with Crippen LogP contribution in [-0.2, 0) is 71.6 Å². The van der Waals surface area contributed by atoms with E-state index in [9.17, 15) is 58.2 Å². The number of rotatable bonds is 23. The second-order valence-electron chi connectivity index (χ2n) is 23.6. The van der Waals surface area contributed by atoms with E-state index in [1.807, 2.05) is 0 Å². The highest BCUT2D eigenvalue weighted by Gasteiger charge is 2.79. The minimum atomic E-state index is -2.97. The summed E-state index contributed by atoms with van der Waals surface area (Å²) in [5.74, 6) is -8.93. The number of esters is 4. The summed E-state index contributed by atoms with van der Waals surface area (Å²) in [5.41, 5.74) is -12.0. The summed E-state index contributed by atoms with van der Waals surface area (Å²) in [6.07, 6.45) is -1.82. The molecule has 0 spiro atoms. The van der Waals surface area contributed by atoms with Crippen LogP contribution in [0.15, 0.2) is 96.6 Å². The number of carbonyl (C=O) groups excluding carboxylic acids is 11. The van der Waals surface area contributed by atoms with Crippen molar-refractivity contribution in [1.82, 2.24) is 15.1 Å². The second kappa shape index (κ2) is 25.5. The van der Waals surface area contributed by atoms with Crippen LogP contribution in [0.5, 0.6) is 0 Å². The first-order valence-electron chi connectivity index (χ1n) is 28.3. The number of carbonyl (C=O) groups is 11. The lowest BCUT2D eigenvalue weighted by Gasteiger charge is -2.67. The Labute approximate surface area is 487 Å². The summed E-state index contributed by atoms with van der Waals surface area (Å²) in [7, 11) is -0.895. The molecule has 1 unspecified atom stereocenters. The van der Waals surface area contributed by atoms with Crippen molar-refractivity contribution in [2.75, 3.05) is 19.7 Å². The fourth-order valence-electron chi connectivity index (χ4n) is 12.2. The van der Waals surface area contributed by atoms with E-state index in [1.54, 1.807) is 69.3 Å². The maximum Gasteiger partial charge on any atom is 0.408 e. The molecule has 3 fully saturated rings. The normalized spacial score (nSPS) is 28.1. The van der Waals surface area contributed by atoms with E-state index in [0.717, 1.165) is 28.9 Å². The smallest absolute Gasteiger partial charge is 0.408 e. The summed E-state index contributed by atoms with van der Waals surface area (Å²) >= 11 is 0. The Morgan fingerprint density at radius 3 is 1.87 bits per heavy atom. The van der Waals surface area contributed by atoms with Crippen LogP contribution in [-0.4, -0.2) is 157 Å². The highest BCUT2D eigenvalue weighted by molar-refractivity contribution is 7.58. The van der Waals surface area contributed by atoms with Gasteiger partial charge in [-0.05, 0) is 90.8 Å². The Kier molecular flexibility index (Phi) is 19.1. The summed E-state index contributed by atoms with van der Waals surface area (Å²) in [5, 5.41) is 30.9. The van der Waals surface area contributed by atoms with Crippen molar-refractivity contribution in [3.05, 3.63) is 108 Å². The van der Waals surface area contributed by atoms with E-state index >= 15 is 4.79 Å². The van der Waals surface area contributed by atoms with Gasteiger partial charge in [-0.1, -0.05) is 75.2 Å². The van der Waals surface area contributed by atoms with Gasteiger partial charge in [0.1, 0.15) is 35.1 Å². The zero-order valence-corrected chi connectivity index (χ0v) is 48.8. The first-order chi connectivity index (χ1) is 39.7. The van der Waals surface area contributed by atoms with Gasteiger partial charge in [0.25, 0.3) is 23.6 Å². The average molecular weight is 1180 g/mol. The number of hydrogen-bond acceptors (Lipinski definition) is 19. The van der Waals surface area contributed by atoms with Gasteiger partial charge in [-0.2, -0.15) is 0 Å². The van der Waals surface area contributed by atoms with Gasteiger partial charge in [0.15, 0.2) is 17.2 Å². The second-order valence-corrected chi connectivity index (χ2v) is 25.1. The third-order valence-corrected chi connectivity index (χ3v) is 18.1. The van der Waals surface area contributed by atoms with Gasteiger partial charge in [-0.25, -0.2) is 9.59 Å². The minimum Gasteiger partial charge on any atom is -0.458 e. The number of unbranched alkanes of at least 4 members (excludes halogenated alkanes) is 4. The molecular weight excluding hydrogens is 1110 g/mol. The van der Waals surface area contributed by atoms with Gasteiger partial charge in [-0.15, -0.1) is 0 Å². The minimum absolute atomic E-state index is 0.0287. The number of hydrogen-bond donors (Lipinski definition) is 3. The number of benzene rings is 2. The van der Waals surface area contributed by atoms with Crippen molar-refractivity contribution in [2.24, 2.45) is 11.3 Å². The number of ether oxygens (including phenoxy) is 6. The van der Waals surface area contributed by atoms with Crippen LogP contribution >= 0.6 is 8.58 Å². The average Bonchev–Trinajstić information content (AvgIpc) is 0.751. The predicted octanol–water partition coefficient (Wildman–Crippen LogP) is 5.36. The Morgan fingerprint density at radius 2 is 1.32 bits per heavy atom. The Balaban J connectivity index is 1.20. The van der Waals surface area contributed by atoms with Gasteiger partial charge in [0, 0.05) is 74.7 Å². The standard InChI is InChI=1S/C61H72N3O19P/c1-36(65)82-59-35-78-42(59)33-43(84-50(72)24-16-10-18-30-64-46(68)27-28-47(64)69)61(77)52(59)54(81-55(74)38-21-13-8-14-22-38)60(76)34-39(79-49(71)32-41(37-19-11-7-12-20-37)62-56(75)83-57(2,3)4)31-40(58(60,5)6)51(53(61)73)80-48(70)23-15-9-17-29-63-44(66)25-26-45(63)67/h7-8,11-14,19-22,25-28,31,39,41-43,51-52,54,76-77,84H,9-10,15-18,23-24,29-30,32-35H2,1-6H3,(H,62,75)/t39-,41-,42-,43+,51-,52-,54+,59+,60-,61+/m1/s1. The maximum absolute atomic E-state index is 16.4. The third kappa shape index (κ3) is 13.3. The Hall–Kier alpha value is -7.26. The van der Waals surface area contributed by atoms with Crippen LogP contribution in [0.2, 0.25) is 0 Å². The molecule has 8 rings (SSSR count). The molecule has 5 amide bonds. The summed E-state index contributed by atoms with van der Waals surface area (Å²) in [6.45, 7) is 8.77. The highest BCUT2D eigenvalue weighted by Crippen LogP contribution is 2.63. The van der Waals surface area contributed by atoms with Crippen LogP contribution in [0.4, 0.5) is 4.79 Å². The molecule has 22 nitrogen and oxygen atoms in total. The van der Waals surface area contributed by atoms with Gasteiger partial charge in [0.05, 0.1) is 30.6 Å². The molecule has 2 bridgehead atoms. The van der Waals surface area contributed by atoms with Crippen LogP contribution < -0.4 is 5.32 Å². The molecule has 11 atom stereocenters. The van der Waals surface area contributed by atoms with Crippen molar-refractivity contribution in [3.63, 3.8) is 0 Å². The number of amides is 5. The van der Waals surface area contributed by atoms with Crippen molar-refractivity contribution in [2.45, 2.75) is 171 Å². The lowest BCUT2D eigenvalue weighted by molar-refractivity contribution is -0.340. The van der Waals surface area contributed by atoms with Crippen LogP contribution in [0.3, 0.4) is 0 Å². The SMILES string of the molecule is CC(=O)O[C@@]12CO[C@@H]1C[C@H](PC(=O)CCCCCN1C(=O)C=CC1=O)[C@@]1(O)C(=O)[C@H](OC(=O)CCCCCN3C(=O)C=CC3=O)C3=C[C@@H](OC(=O)C[C@@H](NC(=O)OC(C)(C)C)c4ccccc4)C[C@@](O)([C@@H](OC(=O)c4ccccc4)[C@H]21)C3(C)C. The van der Waals surface area contributed by atoms with E-state index in [-0.39, 0.29) is 56.3 Å². The molecule has 1 saturated heterocycles. The fourth-order valence-corrected chi connectivity index (χ4v) is 13.8. The lowest BCUT2D eigenvalue weighted by Crippen LogP contribution is -2.84. The van der Waals surface area contributed by atoms with Crippen LogP contribution in [0.25, 0.3) is 0 Å². The van der Waals surface area contributed by atoms with Crippen LogP contribution in [0, 0.1) is 11.3 Å². The van der Waals surface area contributed by atoms with E-state index in [0.29, 0.717) is 31.2 Å². The maximum atomic E-state index is 16.4. The molecule has 2 aromatic carbocycles. The number of ketones is 1. The predicted molar refractivity (Wildman–Crippen MR) is 298 cm³/mol. The Morgan fingerprint density at radius 1 is 0.750 bits per heavy atom. The van der Waals surface area contributed by atoms with Crippen molar-refractivity contribution in [3.8, 4) is 0 Å². The van der Waals surface area contributed by atoms with Gasteiger partial charge >= 0.3 is 30.0 Å². The number of fused-ring (bicyclic) bond motifs is 5. The number of alkyl carbamates (subject to hydrolysis) is 1. The highest BCUT2D eigenvalue weighted by atomic mass is 31.1. The fraction of sp³-hybridized carbons (Fsp3) is 0.525. The molecule has 0 radical (unpaired) electrons. The molecule has 6 aliphatic rings. The van der Waals surface area contributed by atoms with Gasteiger partial charge < -0.3 is 44.0 Å². The van der Waals surface area contributed by atoms with Gasteiger partial charge in [-0.3, -0.25) is 53.0 Å². The monoisotopic (exact) mass is 1180 g/mol. The van der Waals surface area contributed by atoms with Crippen molar-refractivity contribution in [1.29, 1.82) is 0 Å².